The van der Waals surface area contributed by atoms with Crippen molar-refractivity contribution >= 4 is 11.9 Å². The first-order valence-corrected chi connectivity index (χ1v) is 6.23. The first-order chi connectivity index (χ1) is 8.15. The van der Waals surface area contributed by atoms with E-state index in [4.69, 9.17) is 9.84 Å². The molecule has 0 aromatic rings. The molecule has 5 nitrogen and oxygen atoms in total. The molecule has 0 unspecified atom stereocenters. The van der Waals surface area contributed by atoms with Gasteiger partial charge >= 0.3 is 5.97 Å². The Morgan fingerprint density at radius 1 is 1.35 bits per heavy atom. The van der Waals surface area contributed by atoms with Gasteiger partial charge in [0.05, 0.1) is 6.42 Å². The van der Waals surface area contributed by atoms with Gasteiger partial charge in [-0.15, -0.1) is 0 Å². The molecule has 98 valence electrons. The van der Waals surface area contributed by atoms with Crippen molar-refractivity contribution in [3.63, 3.8) is 0 Å². The van der Waals surface area contributed by atoms with Crippen molar-refractivity contribution in [2.45, 2.75) is 32.6 Å². The maximum absolute atomic E-state index is 11.9. The molecule has 1 amide bonds. The number of amides is 1. The van der Waals surface area contributed by atoms with Crippen LogP contribution in [-0.4, -0.2) is 48.2 Å². The maximum Gasteiger partial charge on any atom is 0.305 e. The van der Waals surface area contributed by atoms with Crippen LogP contribution in [0.15, 0.2) is 0 Å². The monoisotopic (exact) mass is 243 g/mol. The van der Waals surface area contributed by atoms with Gasteiger partial charge in [0, 0.05) is 32.2 Å². The van der Waals surface area contributed by atoms with Crippen LogP contribution in [0.2, 0.25) is 0 Å². The number of hydrogen-bond acceptors (Lipinski definition) is 3. The molecular formula is C12H21NO4. The molecule has 1 N–H and O–H groups in total. The third-order valence-corrected chi connectivity index (χ3v) is 2.75. The number of hydrogen-bond donors (Lipinski definition) is 1. The number of carbonyl (C=O) groups excluding carboxylic acids is 1. The standard InChI is InChI=1S/C12H21NO4/c1-2-17-9-3-7-13(8-6-11(14)15)12(16)10-4-5-10/h10H,2-9H2,1H3,(H,14,15). The molecule has 0 aliphatic heterocycles. The van der Waals surface area contributed by atoms with Crippen molar-refractivity contribution in [3.8, 4) is 0 Å². The molecule has 0 saturated heterocycles. The van der Waals surface area contributed by atoms with Gasteiger partial charge in [0.2, 0.25) is 5.91 Å². The van der Waals surface area contributed by atoms with E-state index in [2.05, 4.69) is 0 Å². The molecule has 0 aromatic heterocycles. The Labute approximate surface area is 102 Å². The Morgan fingerprint density at radius 3 is 2.59 bits per heavy atom. The summed E-state index contributed by atoms with van der Waals surface area (Å²) in [7, 11) is 0. The van der Waals surface area contributed by atoms with Crippen LogP contribution < -0.4 is 0 Å². The fourth-order valence-electron chi connectivity index (χ4n) is 1.65. The lowest BCUT2D eigenvalue weighted by molar-refractivity contribution is -0.138. The van der Waals surface area contributed by atoms with Crippen LogP contribution in [-0.2, 0) is 14.3 Å². The van der Waals surface area contributed by atoms with Crippen LogP contribution in [0.4, 0.5) is 0 Å². The first kappa shape index (κ1) is 14.0. The van der Waals surface area contributed by atoms with Crippen molar-refractivity contribution in [3.05, 3.63) is 0 Å². The zero-order valence-electron chi connectivity index (χ0n) is 10.4. The van der Waals surface area contributed by atoms with Crippen LogP contribution in [0.25, 0.3) is 0 Å². The number of carbonyl (C=O) groups is 2. The van der Waals surface area contributed by atoms with E-state index in [1.807, 2.05) is 6.92 Å². The topological polar surface area (TPSA) is 66.8 Å². The normalized spacial score (nSPS) is 14.6. The molecule has 1 rings (SSSR count). The highest BCUT2D eigenvalue weighted by atomic mass is 16.5. The van der Waals surface area contributed by atoms with E-state index in [1.165, 1.54) is 0 Å². The van der Waals surface area contributed by atoms with Crippen molar-refractivity contribution in [1.82, 2.24) is 4.90 Å². The molecule has 1 saturated carbocycles. The first-order valence-electron chi connectivity index (χ1n) is 6.23. The summed E-state index contributed by atoms with van der Waals surface area (Å²) in [6, 6.07) is 0. The molecule has 0 spiro atoms. The Morgan fingerprint density at radius 2 is 2.06 bits per heavy atom. The van der Waals surface area contributed by atoms with E-state index < -0.39 is 5.97 Å². The van der Waals surface area contributed by atoms with Crippen molar-refractivity contribution < 1.29 is 19.4 Å². The second-order valence-electron chi connectivity index (χ2n) is 4.29. The van der Waals surface area contributed by atoms with Crippen molar-refractivity contribution in [2.75, 3.05) is 26.3 Å². The quantitative estimate of drug-likeness (QED) is 0.616. The average molecular weight is 243 g/mol. The minimum atomic E-state index is -0.858. The molecule has 0 radical (unpaired) electrons. The summed E-state index contributed by atoms with van der Waals surface area (Å²) in [5, 5.41) is 8.65. The van der Waals surface area contributed by atoms with E-state index in [0.29, 0.717) is 26.3 Å². The van der Waals surface area contributed by atoms with Crippen LogP contribution in [0, 0.1) is 5.92 Å². The van der Waals surface area contributed by atoms with E-state index >= 15 is 0 Å². The van der Waals surface area contributed by atoms with Gasteiger partial charge in [0.25, 0.3) is 0 Å². The Bertz CT molecular complexity index is 263. The number of ether oxygens (including phenoxy) is 1. The third-order valence-electron chi connectivity index (χ3n) is 2.75. The summed E-state index contributed by atoms with van der Waals surface area (Å²) < 4.78 is 5.21. The van der Waals surface area contributed by atoms with E-state index in [-0.39, 0.29) is 18.2 Å². The van der Waals surface area contributed by atoms with Crippen LogP contribution in [0.5, 0.6) is 0 Å². The second-order valence-corrected chi connectivity index (χ2v) is 4.29. The number of carboxylic acids is 1. The van der Waals surface area contributed by atoms with Gasteiger partial charge in [-0.1, -0.05) is 0 Å². The summed E-state index contributed by atoms with van der Waals surface area (Å²) in [6.07, 6.45) is 2.70. The van der Waals surface area contributed by atoms with Gasteiger partial charge in [-0.3, -0.25) is 9.59 Å². The number of carboxylic acid groups (broad SMARTS) is 1. The number of rotatable bonds is 9. The van der Waals surface area contributed by atoms with Crippen LogP contribution >= 0.6 is 0 Å². The molecule has 1 aliphatic carbocycles. The molecule has 1 fully saturated rings. The predicted molar refractivity (Wildman–Crippen MR) is 62.7 cm³/mol. The van der Waals surface area contributed by atoms with Gasteiger partial charge in [0.15, 0.2) is 0 Å². The lowest BCUT2D eigenvalue weighted by atomic mass is 10.3. The third kappa shape index (κ3) is 5.68. The minimum absolute atomic E-state index is 0.0209. The van der Waals surface area contributed by atoms with Gasteiger partial charge in [-0.2, -0.15) is 0 Å². The Kier molecular flexibility index (Phi) is 5.97. The van der Waals surface area contributed by atoms with E-state index in [1.54, 1.807) is 4.90 Å². The van der Waals surface area contributed by atoms with Gasteiger partial charge in [0.1, 0.15) is 0 Å². The largest absolute Gasteiger partial charge is 0.481 e. The summed E-state index contributed by atoms with van der Waals surface area (Å²) in [6.45, 7) is 4.14. The van der Waals surface area contributed by atoms with E-state index in [9.17, 15) is 9.59 Å². The molecule has 0 aromatic carbocycles. The zero-order valence-corrected chi connectivity index (χ0v) is 10.4. The Balaban J connectivity index is 2.29. The average Bonchev–Trinajstić information content (AvgIpc) is 3.11. The smallest absolute Gasteiger partial charge is 0.305 e. The molecule has 0 heterocycles. The maximum atomic E-state index is 11.9. The Hall–Kier alpha value is -1.10. The van der Waals surface area contributed by atoms with Gasteiger partial charge in [-0.25, -0.2) is 0 Å². The fraction of sp³-hybridized carbons (Fsp3) is 0.833. The molecule has 5 heteroatoms. The minimum Gasteiger partial charge on any atom is -0.481 e. The molecule has 0 bridgehead atoms. The molecule has 17 heavy (non-hydrogen) atoms. The predicted octanol–water partition coefficient (Wildman–Crippen LogP) is 1.13. The highest BCUT2D eigenvalue weighted by molar-refractivity contribution is 5.81. The molecule has 1 aliphatic rings. The zero-order chi connectivity index (χ0) is 12.7. The molecular weight excluding hydrogens is 222 g/mol. The lowest BCUT2D eigenvalue weighted by Crippen LogP contribution is -2.35. The van der Waals surface area contributed by atoms with E-state index in [0.717, 1.165) is 19.3 Å². The summed E-state index contributed by atoms with van der Waals surface area (Å²) in [4.78, 5) is 24.1. The summed E-state index contributed by atoms with van der Waals surface area (Å²) >= 11 is 0. The summed E-state index contributed by atoms with van der Waals surface area (Å²) in [5.41, 5.74) is 0. The lowest BCUT2D eigenvalue weighted by Gasteiger charge is -2.21. The van der Waals surface area contributed by atoms with Gasteiger partial charge in [-0.05, 0) is 26.2 Å². The van der Waals surface area contributed by atoms with Crippen molar-refractivity contribution in [1.29, 1.82) is 0 Å². The number of aliphatic carboxylic acids is 1. The summed E-state index contributed by atoms with van der Waals surface area (Å²) in [5.74, 6) is -0.595. The highest BCUT2D eigenvalue weighted by Gasteiger charge is 2.33. The fourth-order valence-corrected chi connectivity index (χ4v) is 1.65. The second kappa shape index (κ2) is 7.27. The SMILES string of the molecule is CCOCCCN(CCC(=O)O)C(=O)C1CC1. The molecule has 0 atom stereocenters. The van der Waals surface area contributed by atoms with Crippen molar-refractivity contribution in [2.24, 2.45) is 5.92 Å². The van der Waals surface area contributed by atoms with Crippen LogP contribution in [0.1, 0.15) is 32.6 Å². The van der Waals surface area contributed by atoms with Gasteiger partial charge < -0.3 is 14.7 Å². The highest BCUT2D eigenvalue weighted by Crippen LogP contribution is 2.31. The van der Waals surface area contributed by atoms with Crippen LogP contribution in [0.3, 0.4) is 0 Å². The number of nitrogens with zero attached hydrogens (tertiary/aromatic N) is 1.